The second kappa shape index (κ2) is 9.30. The topological polar surface area (TPSA) is 94.7 Å². The fraction of sp³-hybridized carbons (Fsp3) is 0.167. The maximum absolute atomic E-state index is 12.8. The van der Waals surface area contributed by atoms with E-state index >= 15 is 0 Å². The predicted molar refractivity (Wildman–Crippen MR) is 121 cm³/mol. The van der Waals surface area contributed by atoms with Gasteiger partial charge < -0.3 is 24.3 Å². The fourth-order valence-corrected chi connectivity index (χ4v) is 3.26. The number of ether oxygens (including phenoxy) is 4. The first-order chi connectivity index (χ1) is 15.6. The Kier molecular flexibility index (Phi) is 6.12. The van der Waals surface area contributed by atoms with Gasteiger partial charge >= 0.3 is 0 Å². The van der Waals surface area contributed by atoms with Gasteiger partial charge in [0.25, 0.3) is 5.91 Å². The summed E-state index contributed by atoms with van der Waals surface area (Å²) in [7, 11) is 4.69. The number of rotatable bonds is 8. The number of amides is 1. The zero-order valence-corrected chi connectivity index (χ0v) is 18.0. The Bertz CT molecular complexity index is 1250. The van der Waals surface area contributed by atoms with Crippen molar-refractivity contribution >= 4 is 22.6 Å². The fourth-order valence-electron chi connectivity index (χ4n) is 3.26. The first kappa shape index (κ1) is 21.0. The minimum Gasteiger partial charge on any atom is -0.497 e. The molecule has 0 atom stereocenters. The molecule has 0 aliphatic heterocycles. The van der Waals surface area contributed by atoms with E-state index in [2.05, 4.69) is 15.5 Å². The maximum Gasteiger partial charge on any atom is 0.257 e. The second-order valence-electron chi connectivity index (χ2n) is 6.94. The van der Waals surface area contributed by atoms with Crippen molar-refractivity contribution in [1.29, 1.82) is 0 Å². The van der Waals surface area contributed by atoms with Crippen molar-refractivity contribution < 1.29 is 23.7 Å². The molecule has 4 aromatic rings. The number of fused-ring (bicyclic) bond motifs is 1. The molecule has 0 bridgehead atoms. The Morgan fingerprint density at radius 1 is 0.906 bits per heavy atom. The van der Waals surface area contributed by atoms with Crippen LogP contribution in [-0.2, 0) is 6.61 Å². The summed E-state index contributed by atoms with van der Waals surface area (Å²) < 4.78 is 21.7. The van der Waals surface area contributed by atoms with Crippen molar-refractivity contribution in [2.45, 2.75) is 6.61 Å². The lowest BCUT2D eigenvalue weighted by atomic mass is 10.1. The van der Waals surface area contributed by atoms with Gasteiger partial charge in [0, 0.05) is 10.9 Å². The standard InChI is InChI=1S/C24H23N3O5/c1-29-17-6-4-5-15(11-17)14-32-18-8-9-20-19(13-18)23(27-26-20)25-24(28)16-7-10-21(30-2)22(12-16)31-3/h4-13H,14H2,1-3H3,(H2,25,26,27,28). The third kappa shape index (κ3) is 4.44. The van der Waals surface area contributed by atoms with Crippen LogP contribution in [0.15, 0.2) is 60.7 Å². The van der Waals surface area contributed by atoms with Crippen LogP contribution in [-0.4, -0.2) is 37.4 Å². The average molecular weight is 433 g/mol. The van der Waals surface area contributed by atoms with Crippen LogP contribution < -0.4 is 24.3 Å². The highest BCUT2D eigenvalue weighted by Crippen LogP contribution is 2.29. The minimum absolute atomic E-state index is 0.318. The van der Waals surface area contributed by atoms with Gasteiger partial charge in [-0.3, -0.25) is 9.89 Å². The van der Waals surface area contributed by atoms with Gasteiger partial charge in [-0.15, -0.1) is 0 Å². The molecule has 0 spiro atoms. The van der Waals surface area contributed by atoms with E-state index < -0.39 is 0 Å². The largest absolute Gasteiger partial charge is 0.497 e. The molecule has 8 nitrogen and oxygen atoms in total. The molecule has 1 amide bonds. The normalized spacial score (nSPS) is 10.6. The molecule has 0 saturated heterocycles. The molecule has 0 fully saturated rings. The van der Waals surface area contributed by atoms with Crippen LogP contribution in [0, 0.1) is 0 Å². The highest BCUT2D eigenvalue weighted by atomic mass is 16.5. The molecule has 0 unspecified atom stereocenters. The van der Waals surface area contributed by atoms with Gasteiger partial charge in [0.15, 0.2) is 17.3 Å². The number of benzene rings is 3. The van der Waals surface area contributed by atoms with Gasteiger partial charge in [-0.05, 0) is 54.1 Å². The maximum atomic E-state index is 12.8. The first-order valence-electron chi connectivity index (χ1n) is 9.88. The summed E-state index contributed by atoms with van der Waals surface area (Å²) >= 11 is 0. The highest BCUT2D eigenvalue weighted by molar-refractivity contribution is 6.08. The van der Waals surface area contributed by atoms with Gasteiger partial charge in [0.05, 0.1) is 26.8 Å². The van der Waals surface area contributed by atoms with Crippen LogP contribution in [0.5, 0.6) is 23.0 Å². The number of carbonyl (C=O) groups excluding carboxylic acids is 1. The van der Waals surface area contributed by atoms with E-state index in [0.717, 1.165) is 22.2 Å². The van der Waals surface area contributed by atoms with Crippen molar-refractivity contribution in [3.63, 3.8) is 0 Å². The molecular weight excluding hydrogens is 410 g/mol. The van der Waals surface area contributed by atoms with E-state index in [0.29, 0.717) is 35.2 Å². The number of anilines is 1. The third-order valence-electron chi connectivity index (χ3n) is 4.95. The van der Waals surface area contributed by atoms with Crippen molar-refractivity contribution in [2.24, 2.45) is 0 Å². The summed E-state index contributed by atoms with van der Waals surface area (Å²) in [5, 5.41) is 10.7. The SMILES string of the molecule is COc1cccc(COc2ccc3[nH]nc(NC(=O)c4ccc(OC)c(OC)c4)c3c2)c1. The van der Waals surface area contributed by atoms with Gasteiger partial charge in [0.1, 0.15) is 18.1 Å². The molecule has 0 radical (unpaired) electrons. The van der Waals surface area contributed by atoms with Gasteiger partial charge in [-0.1, -0.05) is 12.1 Å². The smallest absolute Gasteiger partial charge is 0.257 e. The number of H-pyrrole nitrogens is 1. The summed E-state index contributed by atoms with van der Waals surface area (Å²) in [6.07, 6.45) is 0. The number of aromatic nitrogens is 2. The molecule has 0 aliphatic rings. The van der Waals surface area contributed by atoms with Gasteiger partial charge in [-0.2, -0.15) is 5.10 Å². The van der Waals surface area contributed by atoms with Gasteiger partial charge in [-0.25, -0.2) is 0 Å². The van der Waals surface area contributed by atoms with E-state index in [9.17, 15) is 4.79 Å². The zero-order valence-electron chi connectivity index (χ0n) is 18.0. The van der Waals surface area contributed by atoms with Crippen LogP contribution in [0.4, 0.5) is 5.82 Å². The predicted octanol–water partition coefficient (Wildman–Crippen LogP) is 4.42. The lowest BCUT2D eigenvalue weighted by molar-refractivity contribution is 0.102. The Labute approximate surface area is 185 Å². The van der Waals surface area contributed by atoms with E-state index in [1.807, 2.05) is 42.5 Å². The van der Waals surface area contributed by atoms with Crippen LogP contribution in [0.1, 0.15) is 15.9 Å². The molecule has 0 saturated carbocycles. The number of carbonyl (C=O) groups is 1. The van der Waals surface area contributed by atoms with Crippen molar-refractivity contribution in [3.8, 4) is 23.0 Å². The molecule has 1 aromatic heterocycles. The summed E-state index contributed by atoms with van der Waals surface area (Å²) in [6, 6.07) is 18.2. The lowest BCUT2D eigenvalue weighted by Crippen LogP contribution is -2.12. The number of nitrogens with zero attached hydrogens (tertiary/aromatic N) is 1. The van der Waals surface area contributed by atoms with Crippen LogP contribution >= 0.6 is 0 Å². The summed E-state index contributed by atoms with van der Waals surface area (Å²) in [4.78, 5) is 12.8. The Hall–Kier alpha value is -4.20. The lowest BCUT2D eigenvalue weighted by Gasteiger charge is -2.10. The van der Waals surface area contributed by atoms with Crippen molar-refractivity contribution in [2.75, 3.05) is 26.6 Å². The molecule has 8 heteroatoms. The first-order valence-corrected chi connectivity index (χ1v) is 9.88. The second-order valence-corrected chi connectivity index (χ2v) is 6.94. The highest BCUT2D eigenvalue weighted by Gasteiger charge is 2.14. The molecule has 164 valence electrons. The number of methoxy groups -OCH3 is 3. The molecule has 0 aliphatic carbocycles. The van der Waals surface area contributed by atoms with Gasteiger partial charge in [0.2, 0.25) is 0 Å². The van der Waals surface area contributed by atoms with Crippen LogP contribution in [0.3, 0.4) is 0 Å². The third-order valence-corrected chi connectivity index (χ3v) is 4.95. The monoisotopic (exact) mass is 433 g/mol. The molecular formula is C24H23N3O5. The quantitative estimate of drug-likeness (QED) is 0.427. The Morgan fingerprint density at radius 2 is 1.75 bits per heavy atom. The minimum atomic E-state index is -0.318. The number of hydrogen-bond donors (Lipinski definition) is 2. The van der Waals surface area contributed by atoms with Crippen molar-refractivity contribution in [3.05, 3.63) is 71.8 Å². The Morgan fingerprint density at radius 3 is 2.53 bits per heavy atom. The molecule has 1 heterocycles. The summed E-state index contributed by atoms with van der Waals surface area (Å²) in [5.41, 5.74) is 2.18. The summed E-state index contributed by atoms with van der Waals surface area (Å²) in [5.74, 6) is 2.54. The summed E-state index contributed by atoms with van der Waals surface area (Å²) in [6.45, 7) is 0.383. The molecule has 3 aromatic carbocycles. The average Bonchev–Trinajstić information content (AvgIpc) is 3.24. The molecule has 32 heavy (non-hydrogen) atoms. The van der Waals surface area contributed by atoms with Crippen LogP contribution in [0.2, 0.25) is 0 Å². The number of hydrogen-bond acceptors (Lipinski definition) is 6. The number of aromatic amines is 1. The molecule has 4 rings (SSSR count). The van der Waals surface area contributed by atoms with E-state index in [4.69, 9.17) is 18.9 Å². The zero-order chi connectivity index (χ0) is 22.5. The van der Waals surface area contributed by atoms with E-state index in [1.54, 1.807) is 32.4 Å². The van der Waals surface area contributed by atoms with E-state index in [1.165, 1.54) is 7.11 Å². The van der Waals surface area contributed by atoms with Crippen LogP contribution in [0.25, 0.3) is 10.9 Å². The Balaban J connectivity index is 1.51. The van der Waals surface area contributed by atoms with E-state index in [-0.39, 0.29) is 5.91 Å². The number of nitrogens with one attached hydrogen (secondary N) is 2. The van der Waals surface area contributed by atoms with Crippen molar-refractivity contribution in [1.82, 2.24) is 10.2 Å². The molecule has 2 N–H and O–H groups in total.